The van der Waals surface area contributed by atoms with E-state index in [-0.39, 0.29) is 12.7 Å². The molecule has 2 aromatic carbocycles. The number of hydrogen-bond donors (Lipinski definition) is 2. The summed E-state index contributed by atoms with van der Waals surface area (Å²) < 4.78 is 15.9. The van der Waals surface area contributed by atoms with Gasteiger partial charge in [-0.05, 0) is 49.1 Å². The zero-order chi connectivity index (χ0) is 19.8. The molecule has 3 aromatic rings. The zero-order valence-corrected chi connectivity index (χ0v) is 15.8. The first-order valence-corrected chi connectivity index (χ1v) is 9.71. The average Bonchev–Trinajstić information content (AvgIpc) is 3.36. The van der Waals surface area contributed by atoms with Crippen molar-refractivity contribution in [1.82, 2.24) is 10.3 Å². The van der Waals surface area contributed by atoms with Crippen LogP contribution in [-0.2, 0) is 0 Å². The Morgan fingerprint density at radius 1 is 1.10 bits per heavy atom. The molecule has 5 rings (SSSR count). The maximum absolute atomic E-state index is 12.5. The van der Waals surface area contributed by atoms with Gasteiger partial charge in [-0.15, -0.1) is 0 Å². The standard InChI is InChI=1S/C21H21N3O5/c25-20(14-1-3-16-18(9-14)29-21(26)23-16)22-11-13-5-7-24(8-6-13)15-2-4-17-19(10-15)28-12-27-17/h1-4,9-10,13H,5-8,11-12H2,(H,22,25)(H,23,26). The smallest absolute Gasteiger partial charge is 0.417 e. The molecule has 2 aliphatic rings. The monoisotopic (exact) mass is 395 g/mol. The van der Waals surface area contributed by atoms with E-state index in [9.17, 15) is 9.59 Å². The Morgan fingerprint density at radius 2 is 1.93 bits per heavy atom. The van der Waals surface area contributed by atoms with Crippen LogP contribution in [0, 0.1) is 5.92 Å². The SMILES string of the molecule is O=C(NCC1CCN(c2ccc3c(c2)OCO3)CC1)c1ccc2[nH]c(=O)oc2c1. The van der Waals surface area contributed by atoms with E-state index in [2.05, 4.69) is 21.3 Å². The summed E-state index contributed by atoms with van der Waals surface area (Å²) >= 11 is 0. The summed E-state index contributed by atoms with van der Waals surface area (Å²) in [6.45, 7) is 2.77. The van der Waals surface area contributed by atoms with Crippen molar-refractivity contribution in [2.75, 3.05) is 31.3 Å². The zero-order valence-electron chi connectivity index (χ0n) is 15.8. The third-order valence-corrected chi connectivity index (χ3v) is 5.57. The highest BCUT2D eigenvalue weighted by molar-refractivity contribution is 5.96. The van der Waals surface area contributed by atoms with Crippen LogP contribution in [-0.4, -0.2) is 37.3 Å². The molecule has 0 atom stereocenters. The molecular formula is C21H21N3O5. The van der Waals surface area contributed by atoms with E-state index < -0.39 is 5.76 Å². The summed E-state index contributed by atoms with van der Waals surface area (Å²) in [6, 6.07) is 11.0. The van der Waals surface area contributed by atoms with Gasteiger partial charge in [-0.1, -0.05) is 0 Å². The molecule has 0 spiro atoms. The Hall–Kier alpha value is -3.42. The van der Waals surface area contributed by atoms with E-state index >= 15 is 0 Å². The Labute approximate surface area is 166 Å². The molecule has 1 fully saturated rings. The van der Waals surface area contributed by atoms with Gasteiger partial charge in [0.05, 0.1) is 5.52 Å². The predicted molar refractivity (Wildman–Crippen MR) is 107 cm³/mol. The van der Waals surface area contributed by atoms with Crippen LogP contribution in [0.15, 0.2) is 45.6 Å². The quantitative estimate of drug-likeness (QED) is 0.705. The number of nitrogens with one attached hydrogen (secondary N) is 2. The van der Waals surface area contributed by atoms with Crippen molar-refractivity contribution in [2.24, 2.45) is 5.92 Å². The van der Waals surface area contributed by atoms with Crippen molar-refractivity contribution in [3.63, 3.8) is 0 Å². The van der Waals surface area contributed by atoms with Crippen LogP contribution < -0.4 is 25.4 Å². The molecule has 2 aliphatic heterocycles. The molecule has 0 aliphatic carbocycles. The molecule has 3 heterocycles. The average molecular weight is 395 g/mol. The third-order valence-electron chi connectivity index (χ3n) is 5.57. The maximum atomic E-state index is 12.5. The van der Waals surface area contributed by atoms with Crippen LogP contribution >= 0.6 is 0 Å². The van der Waals surface area contributed by atoms with Gasteiger partial charge in [0.15, 0.2) is 17.1 Å². The normalized spacial score (nSPS) is 16.3. The minimum Gasteiger partial charge on any atom is -0.454 e. The molecule has 0 radical (unpaired) electrons. The number of nitrogens with zero attached hydrogens (tertiary/aromatic N) is 1. The molecule has 8 heteroatoms. The van der Waals surface area contributed by atoms with Gasteiger partial charge in [-0.2, -0.15) is 0 Å². The first kappa shape index (κ1) is 17.7. The molecule has 0 bridgehead atoms. The number of piperidine rings is 1. The number of carbonyl (C=O) groups is 1. The van der Waals surface area contributed by atoms with Gasteiger partial charge < -0.3 is 24.1 Å². The van der Waals surface area contributed by atoms with E-state index in [0.29, 0.717) is 29.1 Å². The highest BCUT2D eigenvalue weighted by Gasteiger charge is 2.22. The van der Waals surface area contributed by atoms with Gasteiger partial charge in [-0.3, -0.25) is 9.78 Å². The van der Waals surface area contributed by atoms with Crippen molar-refractivity contribution in [3.05, 3.63) is 52.5 Å². The first-order valence-electron chi connectivity index (χ1n) is 9.71. The van der Waals surface area contributed by atoms with Gasteiger partial charge in [-0.25, -0.2) is 4.79 Å². The number of oxazole rings is 1. The van der Waals surface area contributed by atoms with Gasteiger partial charge in [0, 0.05) is 37.0 Å². The van der Waals surface area contributed by atoms with Gasteiger partial charge in [0.1, 0.15) is 0 Å². The molecule has 0 unspecified atom stereocenters. The topological polar surface area (TPSA) is 96.8 Å². The van der Waals surface area contributed by atoms with Crippen molar-refractivity contribution < 1.29 is 18.7 Å². The van der Waals surface area contributed by atoms with Gasteiger partial charge >= 0.3 is 5.76 Å². The maximum Gasteiger partial charge on any atom is 0.417 e. The Bertz CT molecular complexity index is 1110. The molecule has 2 N–H and O–H groups in total. The highest BCUT2D eigenvalue weighted by Crippen LogP contribution is 2.36. The molecule has 1 amide bonds. The fraction of sp³-hybridized carbons (Fsp3) is 0.333. The van der Waals surface area contributed by atoms with Gasteiger partial charge in [0.2, 0.25) is 6.79 Å². The Kier molecular flexibility index (Phi) is 4.38. The molecule has 150 valence electrons. The Morgan fingerprint density at radius 3 is 2.79 bits per heavy atom. The molecule has 0 saturated carbocycles. The minimum atomic E-state index is -0.522. The number of H-pyrrole nitrogens is 1. The second kappa shape index (κ2) is 7.20. The summed E-state index contributed by atoms with van der Waals surface area (Å²) in [4.78, 5) is 28.6. The van der Waals surface area contributed by atoms with Crippen molar-refractivity contribution in [2.45, 2.75) is 12.8 Å². The number of fused-ring (bicyclic) bond motifs is 2. The van der Waals surface area contributed by atoms with E-state index in [1.807, 2.05) is 12.1 Å². The van der Waals surface area contributed by atoms with Crippen LogP contribution in [0.25, 0.3) is 11.1 Å². The fourth-order valence-electron chi connectivity index (χ4n) is 3.90. The summed E-state index contributed by atoms with van der Waals surface area (Å²) in [5.41, 5.74) is 2.60. The van der Waals surface area contributed by atoms with E-state index in [1.165, 1.54) is 0 Å². The summed E-state index contributed by atoms with van der Waals surface area (Å²) in [5.74, 6) is 1.34. The predicted octanol–water partition coefficient (Wildman–Crippen LogP) is 2.50. The number of carbonyl (C=O) groups excluding carboxylic acids is 1. The third kappa shape index (κ3) is 3.53. The van der Waals surface area contributed by atoms with Crippen LogP contribution in [0.4, 0.5) is 5.69 Å². The van der Waals surface area contributed by atoms with Crippen LogP contribution in [0.1, 0.15) is 23.2 Å². The second-order valence-corrected chi connectivity index (χ2v) is 7.40. The number of hydrogen-bond acceptors (Lipinski definition) is 6. The molecule has 8 nitrogen and oxygen atoms in total. The second-order valence-electron chi connectivity index (χ2n) is 7.40. The largest absolute Gasteiger partial charge is 0.454 e. The van der Waals surface area contributed by atoms with E-state index in [0.717, 1.165) is 43.1 Å². The molecular weight excluding hydrogens is 374 g/mol. The lowest BCUT2D eigenvalue weighted by molar-refractivity contribution is 0.0945. The lowest BCUT2D eigenvalue weighted by atomic mass is 9.96. The lowest BCUT2D eigenvalue weighted by Gasteiger charge is -2.33. The lowest BCUT2D eigenvalue weighted by Crippen LogP contribution is -2.38. The van der Waals surface area contributed by atoms with Gasteiger partial charge in [0.25, 0.3) is 5.91 Å². The number of amides is 1. The van der Waals surface area contributed by atoms with Crippen molar-refractivity contribution in [3.8, 4) is 11.5 Å². The number of rotatable bonds is 4. The van der Waals surface area contributed by atoms with Crippen LogP contribution in [0.3, 0.4) is 0 Å². The van der Waals surface area contributed by atoms with Crippen molar-refractivity contribution >= 4 is 22.7 Å². The number of benzene rings is 2. The van der Waals surface area contributed by atoms with E-state index in [1.54, 1.807) is 18.2 Å². The van der Waals surface area contributed by atoms with E-state index in [4.69, 9.17) is 13.9 Å². The summed E-state index contributed by atoms with van der Waals surface area (Å²) in [7, 11) is 0. The first-order chi connectivity index (χ1) is 14.2. The number of aromatic nitrogens is 1. The van der Waals surface area contributed by atoms with Crippen molar-refractivity contribution in [1.29, 1.82) is 0 Å². The molecule has 1 saturated heterocycles. The fourth-order valence-corrected chi connectivity index (χ4v) is 3.90. The Balaban J connectivity index is 1.15. The number of ether oxygens (including phenoxy) is 2. The van der Waals surface area contributed by atoms with Crippen LogP contribution in [0.5, 0.6) is 11.5 Å². The summed E-state index contributed by atoms with van der Waals surface area (Å²) in [6.07, 6.45) is 2.00. The molecule has 29 heavy (non-hydrogen) atoms. The highest BCUT2D eigenvalue weighted by atomic mass is 16.7. The van der Waals surface area contributed by atoms with Crippen LogP contribution in [0.2, 0.25) is 0 Å². The molecule has 1 aromatic heterocycles. The summed E-state index contributed by atoms with van der Waals surface area (Å²) in [5, 5.41) is 3.00. The number of anilines is 1. The number of aromatic amines is 1. The minimum absolute atomic E-state index is 0.158.